The van der Waals surface area contributed by atoms with Gasteiger partial charge in [-0.25, -0.2) is 8.42 Å². The molecule has 0 saturated carbocycles. The number of pyridine rings is 1. The molecule has 0 aliphatic rings. The topological polar surface area (TPSA) is 109 Å². The number of aromatic nitrogens is 1. The first-order chi connectivity index (χ1) is 15.3. The van der Waals surface area contributed by atoms with Crippen molar-refractivity contribution in [1.82, 2.24) is 8.87 Å². The van der Waals surface area contributed by atoms with Crippen LogP contribution >= 0.6 is 0 Å². The summed E-state index contributed by atoms with van der Waals surface area (Å²) in [6, 6.07) is 16.0. The third kappa shape index (κ3) is 4.90. The standard InChI is InChI=1S/C23H25N3O5S/c1-3-26(4-2)32(30,31)18-12-13-21(27)20(15-18)24-22(28)19-11-8-14-25(23(19)29)16-17-9-6-5-7-10-17/h5-15,27H,3-4,16H2,1-2H3,(H,24,28). The molecule has 2 N–H and O–H groups in total. The molecule has 0 atom stereocenters. The van der Waals surface area contributed by atoms with E-state index in [9.17, 15) is 23.1 Å². The Balaban J connectivity index is 1.90. The van der Waals surface area contributed by atoms with Crippen LogP contribution in [0.3, 0.4) is 0 Å². The zero-order valence-corrected chi connectivity index (χ0v) is 18.7. The highest BCUT2D eigenvalue weighted by molar-refractivity contribution is 7.89. The minimum atomic E-state index is -3.79. The van der Waals surface area contributed by atoms with Crippen molar-refractivity contribution in [1.29, 1.82) is 0 Å². The molecule has 0 spiro atoms. The van der Waals surface area contributed by atoms with Gasteiger partial charge in [0.25, 0.3) is 11.5 Å². The molecule has 168 valence electrons. The molecule has 0 saturated heterocycles. The number of rotatable bonds is 8. The van der Waals surface area contributed by atoms with E-state index in [1.807, 2.05) is 30.3 Å². The fraction of sp³-hybridized carbons (Fsp3) is 0.217. The molecule has 1 amide bonds. The lowest BCUT2D eigenvalue weighted by Crippen LogP contribution is -2.31. The summed E-state index contributed by atoms with van der Waals surface area (Å²) in [6.07, 6.45) is 1.58. The smallest absolute Gasteiger partial charge is 0.263 e. The van der Waals surface area contributed by atoms with Crippen LogP contribution in [0.25, 0.3) is 0 Å². The van der Waals surface area contributed by atoms with Gasteiger partial charge >= 0.3 is 0 Å². The number of carbonyl (C=O) groups excluding carboxylic acids is 1. The summed E-state index contributed by atoms with van der Waals surface area (Å²) in [5, 5.41) is 12.6. The molecule has 0 unspecified atom stereocenters. The van der Waals surface area contributed by atoms with Gasteiger partial charge in [-0.3, -0.25) is 9.59 Å². The number of sulfonamides is 1. The maximum absolute atomic E-state index is 12.8. The molecule has 3 aromatic rings. The Morgan fingerprint density at radius 1 is 1.03 bits per heavy atom. The van der Waals surface area contributed by atoms with Crippen LogP contribution in [-0.2, 0) is 16.6 Å². The van der Waals surface area contributed by atoms with E-state index >= 15 is 0 Å². The first-order valence-electron chi connectivity index (χ1n) is 10.2. The number of phenolic OH excluding ortho intramolecular Hbond substituents is 1. The number of amides is 1. The largest absolute Gasteiger partial charge is 0.506 e. The Kier molecular flexibility index (Phi) is 7.12. The number of anilines is 1. The lowest BCUT2D eigenvalue weighted by Gasteiger charge is -2.19. The number of phenols is 1. The number of aromatic hydroxyl groups is 1. The molecule has 8 nitrogen and oxygen atoms in total. The van der Waals surface area contributed by atoms with Crippen LogP contribution < -0.4 is 10.9 Å². The Morgan fingerprint density at radius 3 is 2.38 bits per heavy atom. The Labute approximate surface area is 186 Å². The number of nitrogens with zero attached hydrogens (tertiary/aromatic N) is 2. The molecule has 0 bridgehead atoms. The van der Waals surface area contributed by atoms with Crippen molar-refractivity contribution in [3.8, 4) is 5.75 Å². The van der Waals surface area contributed by atoms with Crippen molar-refractivity contribution in [2.24, 2.45) is 0 Å². The van der Waals surface area contributed by atoms with Gasteiger partial charge in [-0.15, -0.1) is 0 Å². The third-order valence-corrected chi connectivity index (χ3v) is 7.07. The monoisotopic (exact) mass is 455 g/mol. The van der Waals surface area contributed by atoms with Gasteiger partial charge in [-0.2, -0.15) is 4.31 Å². The van der Waals surface area contributed by atoms with E-state index in [1.54, 1.807) is 26.1 Å². The van der Waals surface area contributed by atoms with Crippen LogP contribution in [0.5, 0.6) is 5.75 Å². The number of carbonyl (C=O) groups is 1. The van der Waals surface area contributed by atoms with Crippen LogP contribution in [0, 0.1) is 0 Å². The number of benzene rings is 2. The van der Waals surface area contributed by atoms with Crippen LogP contribution in [-0.4, -0.2) is 41.4 Å². The predicted molar refractivity (Wildman–Crippen MR) is 122 cm³/mol. The van der Waals surface area contributed by atoms with Gasteiger partial charge in [0.2, 0.25) is 10.0 Å². The molecule has 0 radical (unpaired) electrons. The molecule has 32 heavy (non-hydrogen) atoms. The Morgan fingerprint density at radius 2 is 1.72 bits per heavy atom. The van der Waals surface area contributed by atoms with Crippen molar-refractivity contribution < 1.29 is 18.3 Å². The molecule has 1 aromatic heterocycles. The van der Waals surface area contributed by atoms with Gasteiger partial charge in [0.05, 0.1) is 17.1 Å². The lowest BCUT2D eigenvalue weighted by molar-refractivity contribution is 0.102. The summed E-state index contributed by atoms with van der Waals surface area (Å²) >= 11 is 0. The van der Waals surface area contributed by atoms with Crippen molar-refractivity contribution >= 4 is 21.6 Å². The average molecular weight is 456 g/mol. The Bertz CT molecular complexity index is 1270. The molecule has 2 aromatic carbocycles. The fourth-order valence-corrected chi connectivity index (χ4v) is 4.78. The second-order valence-corrected chi connectivity index (χ2v) is 9.00. The molecule has 3 rings (SSSR count). The molecule has 1 heterocycles. The van der Waals surface area contributed by atoms with E-state index in [1.165, 1.54) is 33.1 Å². The quantitative estimate of drug-likeness (QED) is 0.508. The molecular weight excluding hydrogens is 430 g/mol. The van der Waals surface area contributed by atoms with E-state index in [4.69, 9.17) is 0 Å². The highest BCUT2D eigenvalue weighted by atomic mass is 32.2. The summed E-state index contributed by atoms with van der Waals surface area (Å²) in [5.41, 5.74) is 0.181. The summed E-state index contributed by atoms with van der Waals surface area (Å²) < 4.78 is 28.2. The summed E-state index contributed by atoms with van der Waals surface area (Å²) in [4.78, 5) is 25.6. The van der Waals surface area contributed by atoms with Crippen molar-refractivity contribution in [2.45, 2.75) is 25.3 Å². The molecule has 0 aliphatic heterocycles. The SMILES string of the molecule is CCN(CC)S(=O)(=O)c1ccc(O)c(NC(=O)c2cccn(Cc3ccccc3)c2=O)c1. The second kappa shape index (κ2) is 9.80. The number of nitrogens with one attached hydrogen (secondary N) is 1. The third-order valence-electron chi connectivity index (χ3n) is 5.02. The predicted octanol–water partition coefficient (Wildman–Crippen LogP) is 2.89. The van der Waals surface area contributed by atoms with E-state index in [0.29, 0.717) is 6.54 Å². The van der Waals surface area contributed by atoms with Crippen LogP contribution in [0.15, 0.2) is 76.6 Å². The van der Waals surface area contributed by atoms with Crippen LogP contribution in [0.1, 0.15) is 29.8 Å². The van der Waals surface area contributed by atoms with E-state index in [0.717, 1.165) is 5.56 Å². The number of hydrogen-bond acceptors (Lipinski definition) is 5. The zero-order valence-electron chi connectivity index (χ0n) is 17.9. The lowest BCUT2D eigenvalue weighted by atomic mass is 10.2. The highest BCUT2D eigenvalue weighted by Gasteiger charge is 2.23. The normalized spacial score (nSPS) is 11.5. The molecule has 9 heteroatoms. The summed E-state index contributed by atoms with van der Waals surface area (Å²) in [6.45, 7) is 4.31. The molecule has 0 aliphatic carbocycles. The van der Waals surface area contributed by atoms with Crippen LogP contribution in [0.4, 0.5) is 5.69 Å². The average Bonchev–Trinajstić information content (AvgIpc) is 2.78. The molecule has 0 fully saturated rings. The van der Waals surface area contributed by atoms with Crippen molar-refractivity contribution in [3.05, 3.63) is 88.3 Å². The minimum absolute atomic E-state index is 0.0659. The fourth-order valence-electron chi connectivity index (χ4n) is 3.29. The van der Waals surface area contributed by atoms with Crippen LogP contribution in [0.2, 0.25) is 0 Å². The highest BCUT2D eigenvalue weighted by Crippen LogP contribution is 2.28. The maximum Gasteiger partial charge on any atom is 0.263 e. The first-order valence-corrected chi connectivity index (χ1v) is 11.6. The maximum atomic E-state index is 12.8. The van der Waals surface area contributed by atoms with Gasteiger partial charge in [0.15, 0.2) is 0 Å². The summed E-state index contributed by atoms with van der Waals surface area (Å²) in [7, 11) is -3.79. The van der Waals surface area contributed by atoms with E-state index in [2.05, 4.69) is 5.32 Å². The minimum Gasteiger partial charge on any atom is -0.506 e. The van der Waals surface area contributed by atoms with Gasteiger partial charge in [-0.05, 0) is 35.9 Å². The van der Waals surface area contributed by atoms with Gasteiger partial charge in [0, 0.05) is 19.3 Å². The van der Waals surface area contributed by atoms with Gasteiger partial charge in [-0.1, -0.05) is 44.2 Å². The Hall–Kier alpha value is -3.43. The van der Waals surface area contributed by atoms with E-state index in [-0.39, 0.29) is 35.0 Å². The zero-order chi connectivity index (χ0) is 23.3. The summed E-state index contributed by atoms with van der Waals surface area (Å²) in [5.74, 6) is -1.05. The van der Waals surface area contributed by atoms with Gasteiger partial charge < -0.3 is 15.0 Å². The van der Waals surface area contributed by atoms with Gasteiger partial charge in [0.1, 0.15) is 11.3 Å². The second-order valence-electron chi connectivity index (χ2n) is 7.06. The van der Waals surface area contributed by atoms with Crippen molar-refractivity contribution in [3.63, 3.8) is 0 Å². The van der Waals surface area contributed by atoms with Crippen molar-refractivity contribution in [2.75, 3.05) is 18.4 Å². The first kappa shape index (κ1) is 23.2. The number of hydrogen-bond donors (Lipinski definition) is 2. The molecular formula is C23H25N3O5S. The van der Waals surface area contributed by atoms with E-state index < -0.39 is 21.5 Å².